The molecule has 0 radical (unpaired) electrons. The van der Waals surface area contributed by atoms with Gasteiger partial charge in [-0.2, -0.15) is 0 Å². The van der Waals surface area contributed by atoms with E-state index in [4.69, 9.17) is 37.0 Å². The van der Waals surface area contributed by atoms with E-state index in [2.05, 4.69) is 41.5 Å². The number of unbranched alkanes of at least 4 members (excludes halogenated alkanes) is 26. The van der Waals surface area contributed by atoms with Crippen LogP contribution in [0.2, 0.25) is 0 Å². The lowest BCUT2D eigenvalue weighted by Crippen LogP contribution is -2.30. The quantitative estimate of drug-likeness (QED) is 0.0222. The van der Waals surface area contributed by atoms with Gasteiger partial charge in [0.15, 0.2) is 12.2 Å². The molecule has 0 aromatic heterocycles. The van der Waals surface area contributed by atoms with Crippen molar-refractivity contribution in [1.82, 2.24) is 0 Å². The summed E-state index contributed by atoms with van der Waals surface area (Å²) in [7, 11) is -9.87. The molecule has 0 fully saturated rings. The second-order valence-electron chi connectivity index (χ2n) is 21.9. The highest BCUT2D eigenvalue weighted by molar-refractivity contribution is 7.47. The molecule has 0 rings (SSSR count). The third-order valence-corrected chi connectivity index (χ3v) is 16.1. The predicted octanol–water partition coefficient (Wildman–Crippen LogP) is 15.7. The molecule has 19 heteroatoms. The second kappa shape index (κ2) is 51.9. The highest BCUT2D eigenvalue weighted by Crippen LogP contribution is 2.45. The molecule has 0 saturated heterocycles. The SMILES string of the molecule is CCCCCCCCCCC(=O)OC[C@H](COP(=O)(O)OC[C@H](O)COP(=O)(O)OC[C@@H](COC(=O)CCCCCCCCC(C)CC)OC(=O)CCCCCCCCCCC(C)CC)OC(=O)CCCCCCCCCC. The Kier molecular flexibility index (Phi) is 50.6. The average molecular weight is 1160 g/mol. The van der Waals surface area contributed by atoms with Crippen molar-refractivity contribution in [2.45, 2.75) is 304 Å². The number of carbonyl (C=O) groups is 4. The van der Waals surface area contributed by atoms with E-state index in [1.165, 1.54) is 83.5 Å². The maximum absolute atomic E-state index is 12.9. The maximum Gasteiger partial charge on any atom is 0.472 e. The second-order valence-corrected chi connectivity index (χ2v) is 24.8. The van der Waals surface area contributed by atoms with E-state index in [0.29, 0.717) is 25.7 Å². The fourth-order valence-corrected chi connectivity index (χ4v) is 10.2. The normalized spacial score (nSPS) is 15.1. The molecular formula is C59H114O17P2. The van der Waals surface area contributed by atoms with E-state index in [-0.39, 0.29) is 25.7 Å². The number of rotatable bonds is 58. The van der Waals surface area contributed by atoms with Crippen molar-refractivity contribution in [3.63, 3.8) is 0 Å². The first-order chi connectivity index (χ1) is 37.4. The van der Waals surface area contributed by atoms with E-state index in [1.54, 1.807) is 0 Å². The zero-order valence-corrected chi connectivity index (χ0v) is 51.7. The van der Waals surface area contributed by atoms with Gasteiger partial charge in [-0.3, -0.25) is 37.3 Å². The van der Waals surface area contributed by atoms with Crippen LogP contribution in [0.3, 0.4) is 0 Å². The Bertz CT molecular complexity index is 1550. The van der Waals surface area contributed by atoms with Crippen molar-refractivity contribution in [2.75, 3.05) is 39.6 Å². The molecule has 0 aliphatic rings. The molecule has 0 aliphatic carbocycles. The van der Waals surface area contributed by atoms with Crippen LogP contribution in [0.15, 0.2) is 0 Å². The summed E-state index contributed by atoms with van der Waals surface area (Å²) in [5, 5.41) is 10.5. The Morgan fingerprint density at radius 1 is 0.359 bits per heavy atom. The van der Waals surface area contributed by atoms with Gasteiger partial charge in [0, 0.05) is 25.7 Å². The maximum atomic E-state index is 12.9. The highest BCUT2D eigenvalue weighted by atomic mass is 31.2. The van der Waals surface area contributed by atoms with Crippen molar-refractivity contribution in [2.24, 2.45) is 11.8 Å². The van der Waals surface area contributed by atoms with Crippen LogP contribution in [-0.4, -0.2) is 96.7 Å². The molecule has 462 valence electrons. The van der Waals surface area contributed by atoms with Gasteiger partial charge >= 0.3 is 39.5 Å². The molecule has 4 unspecified atom stereocenters. The number of hydrogen-bond acceptors (Lipinski definition) is 15. The number of esters is 4. The molecule has 0 amide bonds. The zero-order valence-electron chi connectivity index (χ0n) is 50.0. The first-order valence-corrected chi connectivity index (χ1v) is 34.1. The molecule has 7 atom stereocenters. The lowest BCUT2D eigenvalue weighted by atomic mass is 9.99. The molecular weight excluding hydrogens is 1040 g/mol. The van der Waals surface area contributed by atoms with Gasteiger partial charge < -0.3 is 33.8 Å². The van der Waals surface area contributed by atoms with E-state index >= 15 is 0 Å². The zero-order chi connectivity index (χ0) is 58.0. The fraction of sp³-hybridized carbons (Fsp3) is 0.932. The largest absolute Gasteiger partial charge is 0.472 e. The monoisotopic (exact) mass is 1160 g/mol. The van der Waals surface area contributed by atoms with E-state index in [0.717, 1.165) is 121 Å². The van der Waals surface area contributed by atoms with Crippen LogP contribution >= 0.6 is 15.6 Å². The van der Waals surface area contributed by atoms with Gasteiger partial charge in [0.1, 0.15) is 19.3 Å². The molecule has 3 N–H and O–H groups in total. The number of carbonyl (C=O) groups excluding carboxylic acids is 4. The van der Waals surface area contributed by atoms with Crippen LogP contribution in [0.25, 0.3) is 0 Å². The summed E-state index contributed by atoms with van der Waals surface area (Å²) in [4.78, 5) is 71.8. The molecule has 17 nitrogen and oxygen atoms in total. The molecule has 0 aromatic rings. The van der Waals surface area contributed by atoms with Gasteiger partial charge in [0.2, 0.25) is 0 Å². The minimum atomic E-state index is -4.94. The van der Waals surface area contributed by atoms with Crippen LogP contribution < -0.4 is 0 Å². The lowest BCUT2D eigenvalue weighted by Gasteiger charge is -2.21. The van der Waals surface area contributed by atoms with Crippen LogP contribution in [0.4, 0.5) is 0 Å². The molecule has 0 bridgehead atoms. The minimum absolute atomic E-state index is 0.104. The summed E-state index contributed by atoms with van der Waals surface area (Å²) in [6.07, 6.45) is 32.1. The van der Waals surface area contributed by atoms with E-state index < -0.39 is 97.5 Å². The summed E-state index contributed by atoms with van der Waals surface area (Å²) in [6.45, 7) is 9.35. The molecule has 0 heterocycles. The number of aliphatic hydroxyl groups is 1. The van der Waals surface area contributed by atoms with Gasteiger partial charge in [-0.15, -0.1) is 0 Å². The van der Waals surface area contributed by atoms with Crippen LogP contribution in [0.5, 0.6) is 0 Å². The first-order valence-electron chi connectivity index (χ1n) is 31.1. The summed E-state index contributed by atoms with van der Waals surface area (Å²) in [6, 6.07) is 0. The Morgan fingerprint density at radius 3 is 0.910 bits per heavy atom. The number of hydrogen-bond donors (Lipinski definition) is 3. The number of phosphoric acid groups is 2. The predicted molar refractivity (Wildman–Crippen MR) is 308 cm³/mol. The number of ether oxygens (including phenoxy) is 4. The van der Waals surface area contributed by atoms with Crippen molar-refractivity contribution in [1.29, 1.82) is 0 Å². The van der Waals surface area contributed by atoms with Gasteiger partial charge in [-0.25, -0.2) is 9.13 Å². The standard InChI is InChI=1S/C59H114O17P2/c1-7-11-13-15-17-22-29-35-41-56(61)69-47-54(75-58(63)43-37-31-23-18-16-14-12-8-2)49-73-77(65,66)71-45-53(60)46-72-78(67,68)74-50-55(48-70-57(62)42-36-30-26-25-28-34-40-52(6)10-4)76-59(64)44-38-32-24-20-19-21-27-33-39-51(5)9-3/h51-55,60H,7-50H2,1-6H3,(H,65,66)(H,67,68)/t51?,52?,53-,54+,55+/m0/s1. The summed E-state index contributed by atoms with van der Waals surface area (Å²) in [5.74, 6) is -0.647. The first kappa shape index (κ1) is 76.1. The van der Waals surface area contributed by atoms with Crippen LogP contribution in [-0.2, 0) is 65.4 Å². The Labute approximate surface area is 473 Å². The summed E-state index contributed by atoms with van der Waals surface area (Å²) < 4.78 is 67.7. The van der Waals surface area contributed by atoms with Crippen molar-refractivity contribution in [3.05, 3.63) is 0 Å². The van der Waals surface area contributed by atoms with Crippen LogP contribution in [0.1, 0.15) is 286 Å². The molecule has 0 aliphatic heterocycles. The third kappa shape index (κ3) is 51.0. The number of aliphatic hydroxyl groups excluding tert-OH is 1. The van der Waals surface area contributed by atoms with E-state index in [9.17, 15) is 43.2 Å². The van der Waals surface area contributed by atoms with Gasteiger partial charge in [0.25, 0.3) is 0 Å². The van der Waals surface area contributed by atoms with Crippen molar-refractivity contribution < 1.29 is 80.2 Å². The minimum Gasteiger partial charge on any atom is -0.462 e. The Hall–Kier alpha value is -1.94. The Balaban J connectivity index is 5.23. The fourth-order valence-electron chi connectivity index (χ4n) is 8.58. The Morgan fingerprint density at radius 2 is 0.615 bits per heavy atom. The molecule has 0 spiro atoms. The highest BCUT2D eigenvalue weighted by Gasteiger charge is 2.30. The smallest absolute Gasteiger partial charge is 0.462 e. The molecule has 0 saturated carbocycles. The van der Waals surface area contributed by atoms with Crippen molar-refractivity contribution in [3.8, 4) is 0 Å². The third-order valence-electron chi connectivity index (χ3n) is 14.2. The van der Waals surface area contributed by atoms with Gasteiger partial charge in [-0.05, 0) is 37.5 Å². The molecule has 78 heavy (non-hydrogen) atoms. The molecule has 0 aromatic carbocycles. The van der Waals surface area contributed by atoms with Gasteiger partial charge in [0.05, 0.1) is 26.4 Å². The summed E-state index contributed by atoms with van der Waals surface area (Å²) >= 11 is 0. The summed E-state index contributed by atoms with van der Waals surface area (Å²) in [5.41, 5.74) is 0. The van der Waals surface area contributed by atoms with E-state index in [1.807, 2.05) is 0 Å². The average Bonchev–Trinajstić information content (AvgIpc) is 3.41. The lowest BCUT2D eigenvalue weighted by molar-refractivity contribution is -0.161. The number of phosphoric ester groups is 2. The van der Waals surface area contributed by atoms with Gasteiger partial charge in [-0.1, -0.05) is 234 Å². The van der Waals surface area contributed by atoms with Crippen LogP contribution in [0, 0.1) is 11.8 Å². The van der Waals surface area contributed by atoms with Crippen molar-refractivity contribution >= 4 is 39.5 Å². The topological polar surface area (TPSA) is 237 Å².